The van der Waals surface area contributed by atoms with Crippen molar-refractivity contribution in [3.05, 3.63) is 58.0 Å². The third kappa shape index (κ3) is 3.06. The molecule has 0 radical (unpaired) electrons. The number of nitrogens with zero attached hydrogens (tertiary/aromatic N) is 4. The lowest BCUT2D eigenvalue weighted by atomic mass is 10.0. The second kappa shape index (κ2) is 6.19. The van der Waals surface area contributed by atoms with Gasteiger partial charge in [0.25, 0.3) is 0 Å². The average Bonchev–Trinajstić information content (AvgIpc) is 3.20. The topological polar surface area (TPSA) is 87.6 Å². The van der Waals surface area contributed by atoms with Crippen LogP contribution in [0.3, 0.4) is 0 Å². The normalized spacial score (nSPS) is 15.6. The van der Waals surface area contributed by atoms with Gasteiger partial charge in [0.05, 0.1) is 22.9 Å². The van der Waals surface area contributed by atoms with Crippen molar-refractivity contribution in [2.45, 2.75) is 25.8 Å². The first-order valence-corrected chi connectivity index (χ1v) is 8.24. The van der Waals surface area contributed by atoms with E-state index in [0.717, 1.165) is 35.2 Å². The Labute approximate surface area is 149 Å². The van der Waals surface area contributed by atoms with Gasteiger partial charge in [-0.25, -0.2) is 9.97 Å². The fourth-order valence-corrected chi connectivity index (χ4v) is 3.36. The highest BCUT2D eigenvalue weighted by Crippen LogP contribution is 2.30. The summed E-state index contributed by atoms with van der Waals surface area (Å²) in [5.74, 6) is 1.19. The largest absolute Gasteiger partial charge is 0.356 e. The van der Waals surface area contributed by atoms with E-state index in [9.17, 15) is 5.26 Å². The van der Waals surface area contributed by atoms with E-state index in [1.807, 2.05) is 19.1 Å². The first-order chi connectivity index (χ1) is 12.1. The van der Waals surface area contributed by atoms with Crippen LogP contribution in [0.25, 0.3) is 11.3 Å². The summed E-state index contributed by atoms with van der Waals surface area (Å²) >= 11 is 6.08. The minimum atomic E-state index is 0.138. The van der Waals surface area contributed by atoms with Crippen molar-refractivity contribution in [2.24, 2.45) is 0 Å². The summed E-state index contributed by atoms with van der Waals surface area (Å²) in [6.07, 6.45) is 4.95. The summed E-state index contributed by atoms with van der Waals surface area (Å²) in [5.41, 5.74) is 4.39. The van der Waals surface area contributed by atoms with Crippen LogP contribution in [0, 0.1) is 18.3 Å². The Morgan fingerprint density at radius 2 is 2.04 bits per heavy atom. The van der Waals surface area contributed by atoms with Crippen LogP contribution < -0.4 is 5.32 Å². The average molecular weight is 352 g/mol. The number of hydrogen-bond donors (Lipinski definition) is 1. The summed E-state index contributed by atoms with van der Waals surface area (Å²) in [5, 5.41) is 17.1. The number of aromatic nitrogens is 3. The Kier molecular flexibility index (Phi) is 3.86. The fourth-order valence-electron chi connectivity index (χ4n) is 3.11. The summed E-state index contributed by atoms with van der Waals surface area (Å²) in [6, 6.07) is 7.84. The Hall–Kier alpha value is -2.91. The Balaban J connectivity index is 1.49. The molecule has 124 valence electrons. The summed E-state index contributed by atoms with van der Waals surface area (Å²) < 4.78 is 5.21. The van der Waals surface area contributed by atoms with Crippen LogP contribution >= 0.6 is 11.6 Å². The van der Waals surface area contributed by atoms with Crippen molar-refractivity contribution in [1.29, 1.82) is 5.26 Å². The first-order valence-electron chi connectivity index (χ1n) is 7.86. The lowest BCUT2D eigenvalue weighted by Gasteiger charge is -2.11. The molecule has 1 aliphatic carbocycles. The SMILES string of the molecule is Cc1cc(-c2cnc(N[C@H]3Cc4cc(Cl)cc(C#N)c4C3)nc2)on1. The fraction of sp³-hybridized carbons (Fsp3) is 0.222. The Bertz CT molecular complexity index is 974. The van der Waals surface area contributed by atoms with Crippen LogP contribution in [0.1, 0.15) is 22.4 Å². The quantitative estimate of drug-likeness (QED) is 0.776. The van der Waals surface area contributed by atoms with Crippen LogP contribution in [-0.2, 0) is 12.8 Å². The van der Waals surface area contributed by atoms with Gasteiger partial charge in [-0.2, -0.15) is 5.26 Å². The maximum atomic E-state index is 9.27. The van der Waals surface area contributed by atoms with Gasteiger partial charge in [-0.1, -0.05) is 16.8 Å². The van der Waals surface area contributed by atoms with Crippen LogP contribution in [0.4, 0.5) is 5.95 Å². The lowest BCUT2D eigenvalue weighted by Crippen LogP contribution is -2.21. The molecule has 0 saturated carbocycles. The smallest absolute Gasteiger partial charge is 0.222 e. The molecule has 0 amide bonds. The number of nitrogens with one attached hydrogen (secondary N) is 1. The van der Waals surface area contributed by atoms with Gasteiger partial charge in [-0.3, -0.25) is 0 Å². The molecule has 2 aromatic heterocycles. The minimum Gasteiger partial charge on any atom is -0.356 e. The monoisotopic (exact) mass is 351 g/mol. The van der Waals surface area contributed by atoms with Gasteiger partial charge in [0.15, 0.2) is 5.76 Å². The van der Waals surface area contributed by atoms with Crippen molar-refractivity contribution < 1.29 is 4.52 Å². The van der Waals surface area contributed by atoms with Crippen molar-refractivity contribution in [1.82, 2.24) is 15.1 Å². The summed E-state index contributed by atoms with van der Waals surface area (Å²) in [4.78, 5) is 8.70. The molecule has 3 aromatic rings. The van der Waals surface area contributed by atoms with Crippen LogP contribution in [0.2, 0.25) is 5.02 Å². The van der Waals surface area contributed by atoms with Gasteiger partial charge in [0, 0.05) is 29.5 Å². The van der Waals surface area contributed by atoms with E-state index in [1.54, 1.807) is 18.5 Å². The number of anilines is 1. The second-order valence-corrected chi connectivity index (χ2v) is 6.52. The molecule has 4 rings (SSSR count). The van der Waals surface area contributed by atoms with Gasteiger partial charge < -0.3 is 9.84 Å². The highest BCUT2D eigenvalue weighted by molar-refractivity contribution is 6.30. The number of rotatable bonds is 3. The summed E-state index contributed by atoms with van der Waals surface area (Å²) in [6.45, 7) is 1.86. The molecule has 6 nitrogen and oxygen atoms in total. The van der Waals surface area contributed by atoms with E-state index in [0.29, 0.717) is 22.3 Å². The third-order valence-electron chi connectivity index (χ3n) is 4.24. The molecule has 0 bridgehead atoms. The maximum Gasteiger partial charge on any atom is 0.222 e. The second-order valence-electron chi connectivity index (χ2n) is 6.08. The van der Waals surface area contributed by atoms with Crippen LogP contribution in [0.15, 0.2) is 35.1 Å². The van der Waals surface area contributed by atoms with E-state index < -0.39 is 0 Å². The molecule has 0 fully saturated rings. The highest BCUT2D eigenvalue weighted by Gasteiger charge is 2.25. The maximum absolute atomic E-state index is 9.27. The molecule has 1 aliphatic rings. The van der Waals surface area contributed by atoms with E-state index in [-0.39, 0.29) is 6.04 Å². The standard InChI is InChI=1S/C18H14ClN5O/c1-10-2-17(25-24-10)13-8-21-18(22-9-13)23-15-5-11-3-14(19)4-12(7-20)16(11)6-15/h2-4,8-9,15H,5-6H2,1H3,(H,21,22,23)/t15-/m0/s1. The van der Waals surface area contributed by atoms with Crippen molar-refractivity contribution >= 4 is 17.5 Å². The molecular weight excluding hydrogens is 338 g/mol. The van der Waals surface area contributed by atoms with Crippen molar-refractivity contribution in [3.63, 3.8) is 0 Å². The number of fused-ring (bicyclic) bond motifs is 1. The van der Waals surface area contributed by atoms with Crippen molar-refractivity contribution in [3.8, 4) is 17.4 Å². The number of aryl methyl sites for hydroxylation is 1. The molecule has 1 atom stereocenters. The Morgan fingerprint density at radius 3 is 2.72 bits per heavy atom. The van der Waals surface area contributed by atoms with Gasteiger partial charge in [0.2, 0.25) is 5.95 Å². The molecule has 2 heterocycles. The zero-order chi connectivity index (χ0) is 17.4. The molecule has 7 heteroatoms. The third-order valence-corrected chi connectivity index (χ3v) is 4.46. The van der Waals surface area contributed by atoms with E-state index in [2.05, 4.69) is 26.5 Å². The number of hydrogen-bond acceptors (Lipinski definition) is 6. The van der Waals surface area contributed by atoms with Crippen molar-refractivity contribution in [2.75, 3.05) is 5.32 Å². The molecule has 0 aliphatic heterocycles. The zero-order valence-electron chi connectivity index (χ0n) is 13.5. The molecule has 25 heavy (non-hydrogen) atoms. The van der Waals surface area contributed by atoms with E-state index in [1.165, 1.54) is 0 Å². The summed E-state index contributed by atoms with van der Waals surface area (Å²) in [7, 11) is 0. The highest BCUT2D eigenvalue weighted by atomic mass is 35.5. The molecule has 1 N–H and O–H groups in total. The molecular formula is C18H14ClN5O. The zero-order valence-corrected chi connectivity index (χ0v) is 14.2. The molecule has 0 unspecified atom stereocenters. The van der Waals surface area contributed by atoms with Crippen LogP contribution in [0.5, 0.6) is 0 Å². The minimum absolute atomic E-state index is 0.138. The first kappa shape index (κ1) is 15.6. The number of nitriles is 1. The van der Waals surface area contributed by atoms with Gasteiger partial charge >= 0.3 is 0 Å². The molecule has 1 aromatic carbocycles. The predicted molar refractivity (Wildman–Crippen MR) is 93.3 cm³/mol. The van der Waals surface area contributed by atoms with Crippen LogP contribution in [-0.4, -0.2) is 21.2 Å². The van der Waals surface area contributed by atoms with Gasteiger partial charge in [-0.15, -0.1) is 0 Å². The number of benzene rings is 1. The lowest BCUT2D eigenvalue weighted by molar-refractivity contribution is 0.427. The van der Waals surface area contributed by atoms with Gasteiger partial charge in [-0.05, 0) is 43.0 Å². The van der Waals surface area contributed by atoms with E-state index in [4.69, 9.17) is 16.1 Å². The molecule has 0 spiro atoms. The van der Waals surface area contributed by atoms with E-state index >= 15 is 0 Å². The van der Waals surface area contributed by atoms with Gasteiger partial charge in [0.1, 0.15) is 0 Å². The number of halogens is 1. The predicted octanol–water partition coefficient (Wildman–Crippen LogP) is 3.54. The molecule has 0 saturated heterocycles. The Morgan fingerprint density at radius 1 is 1.24 bits per heavy atom.